The number of hydrogen-bond donors (Lipinski definition) is 1. The molecule has 3 aromatic heterocycles. The minimum atomic E-state index is -0.227. The number of H-pyrrole nitrogens is 1. The fraction of sp³-hybridized carbons (Fsp3) is 0.211. The third kappa shape index (κ3) is 2.99. The number of rotatable bonds is 3. The number of fused-ring (bicyclic) bond motifs is 2. The quantitative estimate of drug-likeness (QED) is 0.609. The van der Waals surface area contributed by atoms with Crippen molar-refractivity contribution in [1.82, 2.24) is 24.6 Å². The molecule has 0 spiro atoms. The van der Waals surface area contributed by atoms with Gasteiger partial charge in [-0.3, -0.25) is 9.59 Å². The van der Waals surface area contributed by atoms with Crippen molar-refractivity contribution in [3.05, 3.63) is 79.8 Å². The van der Waals surface area contributed by atoms with Crippen LogP contribution in [0.1, 0.15) is 22.5 Å². The Bertz CT molecular complexity index is 1260. The number of nitrogens with one attached hydrogen (secondary N) is 1. The fourth-order valence-corrected chi connectivity index (χ4v) is 2.91. The number of nitrogens with zero attached hydrogens (tertiary/aromatic N) is 4. The predicted octanol–water partition coefficient (Wildman–Crippen LogP) is 1.73. The molecule has 7 nitrogen and oxygen atoms in total. The van der Waals surface area contributed by atoms with Crippen LogP contribution in [0.2, 0.25) is 0 Å². The van der Waals surface area contributed by atoms with Crippen molar-refractivity contribution >= 4 is 16.7 Å². The molecule has 26 heavy (non-hydrogen) atoms. The molecule has 0 unspecified atom stereocenters. The van der Waals surface area contributed by atoms with Crippen molar-refractivity contribution in [2.45, 2.75) is 26.7 Å². The summed E-state index contributed by atoms with van der Waals surface area (Å²) in [7, 11) is 0. The summed E-state index contributed by atoms with van der Waals surface area (Å²) in [6.07, 6.45) is 2.97. The Morgan fingerprint density at radius 2 is 1.88 bits per heavy atom. The third-order valence-electron chi connectivity index (χ3n) is 4.35. The van der Waals surface area contributed by atoms with Crippen molar-refractivity contribution in [2.24, 2.45) is 0 Å². The predicted molar refractivity (Wildman–Crippen MR) is 98.5 cm³/mol. The Morgan fingerprint density at radius 3 is 2.73 bits per heavy atom. The molecule has 0 saturated heterocycles. The standard InChI is InChI=1S/C19H17N5O2/c1-11-3-8-17-22-19(26)14(10-24(17)23-11)6-4-13-5-7-15-16(9-13)20-12(2)18(25)21-15/h3,5,7-10H,4,6H2,1-2H3,(H,21,25). The van der Waals surface area contributed by atoms with Crippen LogP contribution < -0.4 is 11.1 Å². The van der Waals surface area contributed by atoms with E-state index in [2.05, 4.69) is 20.1 Å². The van der Waals surface area contributed by atoms with Crippen molar-refractivity contribution in [2.75, 3.05) is 0 Å². The monoisotopic (exact) mass is 347 g/mol. The molecule has 0 saturated carbocycles. The Labute approximate surface area is 148 Å². The minimum absolute atomic E-state index is 0.177. The van der Waals surface area contributed by atoms with E-state index in [1.165, 1.54) is 0 Å². The van der Waals surface area contributed by atoms with Crippen LogP contribution in [0.4, 0.5) is 0 Å². The largest absolute Gasteiger partial charge is 0.319 e. The van der Waals surface area contributed by atoms with Crippen LogP contribution in [0.3, 0.4) is 0 Å². The van der Waals surface area contributed by atoms with E-state index >= 15 is 0 Å². The van der Waals surface area contributed by atoms with E-state index in [1.54, 1.807) is 23.7 Å². The van der Waals surface area contributed by atoms with Gasteiger partial charge in [0.25, 0.3) is 11.1 Å². The zero-order chi connectivity index (χ0) is 18.3. The van der Waals surface area contributed by atoms with E-state index in [1.807, 2.05) is 31.2 Å². The van der Waals surface area contributed by atoms with Gasteiger partial charge in [-0.05, 0) is 56.5 Å². The van der Waals surface area contributed by atoms with Crippen molar-refractivity contribution < 1.29 is 0 Å². The summed E-state index contributed by atoms with van der Waals surface area (Å²) in [5.74, 6) is 0. The average Bonchev–Trinajstić information content (AvgIpc) is 2.61. The lowest BCUT2D eigenvalue weighted by atomic mass is 10.1. The van der Waals surface area contributed by atoms with Gasteiger partial charge in [0.15, 0.2) is 5.65 Å². The lowest BCUT2D eigenvalue weighted by Gasteiger charge is -2.06. The highest BCUT2D eigenvalue weighted by molar-refractivity contribution is 5.74. The molecule has 0 atom stereocenters. The molecule has 0 radical (unpaired) electrons. The molecular formula is C19H17N5O2. The number of benzene rings is 1. The maximum absolute atomic E-state index is 12.2. The first kappa shape index (κ1) is 16.1. The molecule has 0 bridgehead atoms. The van der Waals surface area contributed by atoms with Crippen LogP contribution in [0, 0.1) is 13.8 Å². The highest BCUT2D eigenvalue weighted by Crippen LogP contribution is 2.13. The van der Waals surface area contributed by atoms with Crippen molar-refractivity contribution in [1.29, 1.82) is 0 Å². The van der Waals surface area contributed by atoms with Crippen LogP contribution in [0.15, 0.2) is 46.1 Å². The summed E-state index contributed by atoms with van der Waals surface area (Å²) < 4.78 is 1.64. The van der Waals surface area contributed by atoms with E-state index in [9.17, 15) is 9.59 Å². The molecule has 0 fully saturated rings. The molecule has 4 rings (SSSR count). The molecule has 1 N–H and O–H groups in total. The second kappa shape index (κ2) is 6.18. The summed E-state index contributed by atoms with van der Waals surface area (Å²) in [6, 6.07) is 9.33. The van der Waals surface area contributed by atoms with Gasteiger partial charge in [-0.1, -0.05) is 6.07 Å². The third-order valence-corrected chi connectivity index (χ3v) is 4.35. The average molecular weight is 347 g/mol. The second-order valence-electron chi connectivity index (χ2n) is 6.35. The molecule has 7 heteroatoms. The first-order valence-corrected chi connectivity index (χ1v) is 8.35. The lowest BCUT2D eigenvalue weighted by Crippen LogP contribution is -2.17. The molecule has 1 aromatic carbocycles. The van der Waals surface area contributed by atoms with E-state index in [0.29, 0.717) is 35.3 Å². The van der Waals surface area contributed by atoms with Crippen LogP contribution in [0.25, 0.3) is 16.7 Å². The second-order valence-corrected chi connectivity index (χ2v) is 6.35. The fourth-order valence-electron chi connectivity index (χ4n) is 2.91. The van der Waals surface area contributed by atoms with Gasteiger partial charge in [0, 0.05) is 11.8 Å². The van der Waals surface area contributed by atoms with E-state index in [4.69, 9.17) is 0 Å². The van der Waals surface area contributed by atoms with Gasteiger partial charge in [-0.2, -0.15) is 10.1 Å². The molecule has 0 amide bonds. The topological polar surface area (TPSA) is 93.0 Å². The van der Waals surface area contributed by atoms with Gasteiger partial charge < -0.3 is 4.98 Å². The highest BCUT2D eigenvalue weighted by atomic mass is 16.1. The van der Waals surface area contributed by atoms with Gasteiger partial charge in [0.2, 0.25) is 0 Å². The summed E-state index contributed by atoms with van der Waals surface area (Å²) >= 11 is 0. The summed E-state index contributed by atoms with van der Waals surface area (Å²) in [5.41, 5.74) is 4.54. The highest BCUT2D eigenvalue weighted by Gasteiger charge is 2.07. The molecule has 0 aliphatic carbocycles. The molecule has 0 aliphatic heterocycles. The Balaban J connectivity index is 1.64. The smallest absolute Gasteiger partial charge is 0.276 e. The molecule has 0 aliphatic rings. The summed E-state index contributed by atoms with van der Waals surface area (Å²) in [4.78, 5) is 35.1. The van der Waals surface area contributed by atoms with Crippen molar-refractivity contribution in [3.8, 4) is 0 Å². The first-order valence-electron chi connectivity index (χ1n) is 8.35. The Hall–Kier alpha value is -3.35. The van der Waals surface area contributed by atoms with Crippen LogP contribution in [0.5, 0.6) is 0 Å². The normalized spacial score (nSPS) is 11.3. The van der Waals surface area contributed by atoms with Gasteiger partial charge >= 0.3 is 0 Å². The van der Waals surface area contributed by atoms with Gasteiger partial charge in [0.05, 0.1) is 16.7 Å². The van der Waals surface area contributed by atoms with Crippen molar-refractivity contribution in [3.63, 3.8) is 0 Å². The van der Waals surface area contributed by atoms with Gasteiger partial charge in [-0.15, -0.1) is 0 Å². The maximum atomic E-state index is 12.2. The maximum Gasteiger partial charge on any atom is 0.276 e. The van der Waals surface area contributed by atoms with Crippen LogP contribution in [-0.2, 0) is 12.8 Å². The Morgan fingerprint density at radius 1 is 1.04 bits per heavy atom. The lowest BCUT2D eigenvalue weighted by molar-refractivity contribution is 0.829. The number of hydrogen-bond acceptors (Lipinski definition) is 5. The Kier molecular flexibility index (Phi) is 3.84. The summed E-state index contributed by atoms with van der Waals surface area (Å²) in [6.45, 7) is 3.58. The van der Waals surface area contributed by atoms with Gasteiger partial charge in [0.1, 0.15) is 5.69 Å². The van der Waals surface area contributed by atoms with Crippen LogP contribution in [-0.4, -0.2) is 24.6 Å². The molecule has 4 aromatic rings. The minimum Gasteiger partial charge on any atom is -0.319 e. The number of aromatic amines is 1. The number of aryl methyl sites for hydroxylation is 4. The molecular weight excluding hydrogens is 330 g/mol. The zero-order valence-electron chi connectivity index (χ0n) is 14.5. The van der Waals surface area contributed by atoms with Gasteiger partial charge in [-0.25, -0.2) is 9.50 Å². The van der Waals surface area contributed by atoms with Crippen LogP contribution >= 0.6 is 0 Å². The SMILES string of the molecule is Cc1ccc2nc(=O)c(CCc3ccc4[nH]c(=O)c(C)nc4c3)cn2n1. The molecule has 3 heterocycles. The van der Waals surface area contributed by atoms with E-state index < -0.39 is 0 Å². The van der Waals surface area contributed by atoms with E-state index in [0.717, 1.165) is 16.8 Å². The van der Waals surface area contributed by atoms with E-state index in [-0.39, 0.29) is 11.1 Å². The zero-order valence-corrected chi connectivity index (χ0v) is 14.5. The summed E-state index contributed by atoms with van der Waals surface area (Å²) in [5, 5.41) is 4.36. The first-order chi connectivity index (χ1) is 12.5. The number of aromatic nitrogens is 5. The molecule has 130 valence electrons.